The maximum Gasteiger partial charge on any atom is 0.586 e. The van der Waals surface area contributed by atoms with Gasteiger partial charge in [-0.1, -0.05) is 12.1 Å². The van der Waals surface area contributed by atoms with E-state index in [1.54, 1.807) is 6.92 Å². The third-order valence-corrected chi connectivity index (χ3v) is 6.20. The number of anilines is 1. The molecule has 1 aromatic heterocycles. The third kappa shape index (κ3) is 4.26. The van der Waals surface area contributed by atoms with E-state index in [9.17, 15) is 31.4 Å². The molecule has 1 aliphatic heterocycles. The molecule has 2 unspecified atom stereocenters. The maximum atomic E-state index is 14.7. The highest BCUT2D eigenvalue weighted by Crippen LogP contribution is 2.47. The molecule has 0 fully saturated rings. The number of H-pyrrole nitrogens is 1. The van der Waals surface area contributed by atoms with Crippen molar-refractivity contribution in [2.45, 2.75) is 50.3 Å². The second kappa shape index (κ2) is 8.08. The number of hydrogen-bond donors (Lipinski definition) is 3. The van der Waals surface area contributed by atoms with Gasteiger partial charge in [-0.05, 0) is 55.2 Å². The zero-order valence-corrected chi connectivity index (χ0v) is 18.1. The fourth-order valence-electron chi connectivity index (χ4n) is 4.56. The van der Waals surface area contributed by atoms with Crippen molar-refractivity contribution in [2.75, 3.05) is 5.32 Å². The summed E-state index contributed by atoms with van der Waals surface area (Å²) in [6.45, 7) is 1.66. The molecule has 0 bridgehead atoms. The van der Waals surface area contributed by atoms with E-state index in [0.29, 0.717) is 11.1 Å². The van der Waals surface area contributed by atoms with Gasteiger partial charge in [-0.25, -0.2) is 4.39 Å². The predicted octanol–water partition coefficient (Wildman–Crippen LogP) is 6.02. The zero-order chi connectivity index (χ0) is 25.1. The van der Waals surface area contributed by atoms with E-state index in [0.717, 1.165) is 6.07 Å². The Balaban J connectivity index is 1.44. The number of fused-ring (bicyclic) bond motifs is 2. The second-order valence-electron chi connectivity index (χ2n) is 8.52. The van der Waals surface area contributed by atoms with Gasteiger partial charge in [-0.2, -0.15) is 18.3 Å². The number of aliphatic hydroxyl groups excluding tert-OH is 1. The van der Waals surface area contributed by atoms with E-state index in [1.165, 1.54) is 30.3 Å². The Morgan fingerprint density at radius 1 is 1.11 bits per heavy atom. The summed E-state index contributed by atoms with van der Waals surface area (Å²) in [7, 11) is 0. The average Bonchev–Trinajstić information content (AvgIpc) is 3.35. The van der Waals surface area contributed by atoms with E-state index in [1.807, 2.05) is 0 Å². The number of hydrogen-bond acceptors (Lipinski definition) is 5. The van der Waals surface area contributed by atoms with Crippen LogP contribution in [0.15, 0.2) is 36.4 Å². The normalized spacial score (nSPS) is 21.5. The molecule has 3 aromatic rings. The quantitative estimate of drug-likeness (QED) is 0.383. The van der Waals surface area contributed by atoms with Crippen LogP contribution in [0, 0.1) is 5.82 Å². The number of nitrogens with zero attached hydrogens (tertiary/aromatic N) is 1. The number of aromatic amines is 1. The Labute approximate surface area is 194 Å². The van der Waals surface area contributed by atoms with Crippen molar-refractivity contribution >= 4 is 5.69 Å². The van der Waals surface area contributed by atoms with Crippen molar-refractivity contribution < 1.29 is 40.9 Å². The molecule has 186 valence electrons. The summed E-state index contributed by atoms with van der Waals surface area (Å²) in [5.74, 6) is -1.71. The number of rotatable bonds is 4. The monoisotopic (exact) mass is 499 g/mol. The molecule has 12 heteroatoms. The first-order valence-electron chi connectivity index (χ1n) is 10.7. The van der Waals surface area contributed by atoms with Gasteiger partial charge >= 0.3 is 12.5 Å². The number of aromatic nitrogens is 2. The molecule has 35 heavy (non-hydrogen) atoms. The summed E-state index contributed by atoms with van der Waals surface area (Å²) in [4.78, 5) is 0. The standard InChI is InChI=1S/C23H19F6N3O3/c1-10(11-3-7-17-18(9-11)35-23(28,29)34-17)30-15-8-12(2-5-14(15)24)13-4-6-16(33)20-19(13)21(32-31-20)22(25,26)27/h2-3,5,7-10,13,16,30,33H,4,6H2,1H3,(H,31,32)/t10-,13?,16?/m0/s1. The largest absolute Gasteiger partial charge is 0.586 e. The first-order valence-corrected chi connectivity index (χ1v) is 10.7. The first-order chi connectivity index (χ1) is 16.4. The van der Waals surface area contributed by atoms with Crippen molar-refractivity contribution in [3.63, 3.8) is 0 Å². The van der Waals surface area contributed by atoms with E-state index in [-0.39, 0.29) is 41.3 Å². The number of nitrogens with one attached hydrogen (secondary N) is 2. The van der Waals surface area contributed by atoms with Crippen molar-refractivity contribution in [2.24, 2.45) is 0 Å². The predicted molar refractivity (Wildman–Crippen MR) is 111 cm³/mol. The lowest BCUT2D eigenvalue weighted by atomic mass is 9.79. The van der Waals surface area contributed by atoms with Crippen molar-refractivity contribution in [1.29, 1.82) is 0 Å². The molecule has 0 spiro atoms. The fraction of sp³-hybridized carbons (Fsp3) is 0.348. The van der Waals surface area contributed by atoms with Crippen LogP contribution in [0.5, 0.6) is 11.5 Å². The average molecular weight is 499 g/mol. The van der Waals surface area contributed by atoms with Crippen LogP contribution in [0.2, 0.25) is 0 Å². The number of aliphatic hydroxyl groups is 1. The number of halogens is 6. The molecule has 6 nitrogen and oxygen atoms in total. The van der Waals surface area contributed by atoms with Gasteiger partial charge in [0, 0.05) is 17.5 Å². The molecule has 5 rings (SSSR count). The lowest BCUT2D eigenvalue weighted by Crippen LogP contribution is -2.25. The molecule has 0 amide bonds. The molecule has 1 aliphatic carbocycles. The SMILES string of the molecule is C[C@H](Nc1cc(C2CCC(O)c3[nH]nc(C(F)(F)F)c32)ccc1F)c1ccc2c(c1)OC(F)(F)O2. The Morgan fingerprint density at radius 3 is 2.60 bits per heavy atom. The van der Waals surface area contributed by atoms with Crippen LogP contribution < -0.4 is 14.8 Å². The fourth-order valence-corrected chi connectivity index (χ4v) is 4.56. The summed E-state index contributed by atoms with van der Waals surface area (Å²) in [5, 5.41) is 18.8. The minimum atomic E-state index is -4.73. The van der Waals surface area contributed by atoms with Crippen LogP contribution in [0.1, 0.15) is 65.9 Å². The highest BCUT2D eigenvalue weighted by molar-refractivity contribution is 5.54. The van der Waals surface area contributed by atoms with Crippen LogP contribution in [0.3, 0.4) is 0 Å². The van der Waals surface area contributed by atoms with Gasteiger partial charge in [0.05, 0.1) is 17.5 Å². The van der Waals surface area contributed by atoms with Gasteiger partial charge in [0.1, 0.15) is 5.82 Å². The summed E-state index contributed by atoms with van der Waals surface area (Å²) >= 11 is 0. The summed E-state index contributed by atoms with van der Waals surface area (Å²) in [6.07, 6.45) is -9.21. The highest BCUT2D eigenvalue weighted by atomic mass is 19.4. The van der Waals surface area contributed by atoms with E-state index in [2.05, 4.69) is 25.0 Å². The minimum absolute atomic E-state index is 0.00191. The van der Waals surface area contributed by atoms with E-state index < -0.39 is 42.0 Å². The molecule has 2 heterocycles. The molecule has 3 atom stereocenters. The second-order valence-corrected chi connectivity index (χ2v) is 8.52. The van der Waals surface area contributed by atoms with Gasteiger partial charge in [0.25, 0.3) is 0 Å². The van der Waals surface area contributed by atoms with Gasteiger partial charge in [-0.15, -0.1) is 8.78 Å². The van der Waals surface area contributed by atoms with Gasteiger partial charge in [0.2, 0.25) is 0 Å². The van der Waals surface area contributed by atoms with Crippen molar-refractivity contribution in [3.05, 3.63) is 70.3 Å². The van der Waals surface area contributed by atoms with E-state index >= 15 is 0 Å². The topological polar surface area (TPSA) is 79.4 Å². The van der Waals surface area contributed by atoms with Gasteiger partial charge in [0.15, 0.2) is 17.2 Å². The third-order valence-electron chi connectivity index (χ3n) is 6.20. The Bertz CT molecular complexity index is 1280. The molecule has 2 aromatic carbocycles. The molecule has 0 saturated carbocycles. The van der Waals surface area contributed by atoms with Crippen LogP contribution in [0.25, 0.3) is 0 Å². The van der Waals surface area contributed by atoms with Crippen LogP contribution in [0.4, 0.5) is 32.0 Å². The summed E-state index contributed by atoms with van der Waals surface area (Å²) in [6, 6.07) is 7.53. The molecule has 0 radical (unpaired) electrons. The van der Waals surface area contributed by atoms with Crippen LogP contribution in [-0.2, 0) is 6.18 Å². The maximum absolute atomic E-state index is 14.7. The Kier molecular flexibility index (Phi) is 5.38. The van der Waals surface area contributed by atoms with Gasteiger partial charge < -0.3 is 19.9 Å². The molecule has 2 aliphatic rings. The molecule has 3 N–H and O–H groups in total. The minimum Gasteiger partial charge on any atom is -0.395 e. The van der Waals surface area contributed by atoms with Crippen LogP contribution in [-0.4, -0.2) is 21.6 Å². The lowest BCUT2D eigenvalue weighted by molar-refractivity contribution is -0.286. The number of alkyl halides is 5. The first kappa shape index (κ1) is 23.3. The van der Waals surface area contributed by atoms with E-state index in [4.69, 9.17) is 0 Å². The lowest BCUT2D eigenvalue weighted by Gasteiger charge is -2.28. The highest BCUT2D eigenvalue weighted by Gasteiger charge is 2.44. The van der Waals surface area contributed by atoms with Gasteiger partial charge in [-0.3, -0.25) is 5.10 Å². The summed E-state index contributed by atoms with van der Waals surface area (Å²) in [5.41, 5.74) is -0.349. The molecular formula is C23H19F6N3O3. The zero-order valence-electron chi connectivity index (χ0n) is 18.1. The molecular weight excluding hydrogens is 480 g/mol. The molecule has 0 saturated heterocycles. The smallest absolute Gasteiger partial charge is 0.395 e. The number of benzene rings is 2. The summed E-state index contributed by atoms with van der Waals surface area (Å²) < 4.78 is 90.8. The Morgan fingerprint density at radius 2 is 1.86 bits per heavy atom. The number of ether oxygens (including phenoxy) is 2. The Hall–Kier alpha value is -3.41. The van der Waals surface area contributed by atoms with Crippen molar-refractivity contribution in [1.82, 2.24) is 10.2 Å². The van der Waals surface area contributed by atoms with Crippen LogP contribution >= 0.6 is 0 Å². The van der Waals surface area contributed by atoms with Crippen molar-refractivity contribution in [3.8, 4) is 11.5 Å².